The molecule has 0 saturated heterocycles. The number of esters is 2. The van der Waals surface area contributed by atoms with Gasteiger partial charge in [-0.3, -0.25) is 14.4 Å². The summed E-state index contributed by atoms with van der Waals surface area (Å²) in [5.74, 6) is -3.03. The molecule has 1 fully saturated rings. The average Bonchev–Trinajstić information content (AvgIpc) is 3.11. The number of rotatable bonds is 4. The fraction of sp³-hybridized carbons (Fsp3) is 0.696. The van der Waals surface area contributed by atoms with Crippen LogP contribution in [-0.2, 0) is 30.9 Å². The lowest BCUT2D eigenvalue weighted by Gasteiger charge is -2.38. The highest BCUT2D eigenvalue weighted by Crippen LogP contribution is 2.61. The van der Waals surface area contributed by atoms with E-state index in [4.69, 9.17) is 9.47 Å². The van der Waals surface area contributed by atoms with Gasteiger partial charge in [0.25, 0.3) is 0 Å². The number of carbonyl (C=O) groups is 3. The zero-order valence-corrected chi connectivity index (χ0v) is 19.9. The van der Waals surface area contributed by atoms with Crippen molar-refractivity contribution in [1.29, 1.82) is 0 Å². The Hall–Kier alpha value is -2.91. The second kappa shape index (κ2) is 7.85. The van der Waals surface area contributed by atoms with Crippen molar-refractivity contribution in [1.82, 2.24) is 13.9 Å². The number of carbonyl (C=O) groups excluding carboxylic acids is 3. The third-order valence-corrected chi connectivity index (χ3v) is 8.32. The lowest BCUT2D eigenvalue weighted by atomic mass is 9.64. The number of nitrogens with zero attached hydrogens (tertiary/aromatic N) is 3. The summed E-state index contributed by atoms with van der Waals surface area (Å²) < 4.78 is 13.9. The molecule has 2 heterocycles. The third kappa shape index (κ3) is 2.81. The van der Waals surface area contributed by atoms with Crippen LogP contribution >= 0.6 is 0 Å². The first-order valence-electron chi connectivity index (χ1n) is 11.5. The van der Waals surface area contributed by atoms with Gasteiger partial charge in [-0.1, -0.05) is 13.8 Å². The van der Waals surface area contributed by atoms with Crippen LogP contribution < -0.4 is 11.4 Å². The van der Waals surface area contributed by atoms with E-state index in [1.54, 1.807) is 6.92 Å². The Morgan fingerprint density at radius 2 is 1.55 bits per heavy atom. The van der Waals surface area contributed by atoms with E-state index in [1.165, 1.54) is 30.6 Å². The van der Waals surface area contributed by atoms with Gasteiger partial charge >= 0.3 is 23.3 Å². The minimum absolute atomic E-state index is 0.0788. The van der Waals surface area contributed by atoms with Crippen molar-refractivity contribution in [2.24, 2.45) is 30.2 Å². The van der Waals surface area contributed by atoms with E-state index in [2.05, 4.69) is 0 Å². The molecule has 33 heavy (non-hydrogen) atoms. The van der Waals surface area contributed by atoms with Crippen LogP contribution in [0.4, 0.5) is 0 Å². The Morgan fingerprint density at radius 3 is 2.09 bits per heavy atom. The second-order valence-corrected chi connectivity index (χ2v) is 9.37. The zero-order valence-electron chi connectivity index (χ0n) is 19.9. The van der Waals surface area contributed by atoms with E-state index in [9.17, 15) is 24.0 Å². The predicted octanol–water partition coefficient (Wildman–Crippen LogP) is 1.14. The molecule has 5 atom stereocenters. The van der Waals surface area contributed by atoms with Crippen molar-refractivity contribution in [3.8, 4) is 0 Å². The molecule has 0 N–H and O–H groups in total. The molecule has 2 aliphatic carbocycles. The highest BCUT2D eigenvalue weighted by Gasteiger charge is 2.62. The van der Waals surface area contributed by atoms with Crippen LogP contribution in [0.2, 0.25) is 0 Å². The SMILES string of the molecule is CCC1(CC)C(=O)C2=C3[C@@H](C[C@@H](C(=O)OC)C[C@@H](C(=O)OC)[C@H]31)n1c(=O)n(C)c(=O)n1[C@H]2C. The van der Waals surface area contributed by atoms with Gasteiger partial charge in [-0.05, 0) is 38.2 Å². The third-order valence-electron chi connectivity index (χ3n) is 8.32. The molecule has 0 unspecified atom stereocenters. The summed E-state index contributed by atoms with van der Waals surface area (Å²) in [5, 5.41) is 0. The van der Waals surface area contributed by atoms with E-state index in [1.807, 2.05) is 13.8 Å². The lowest BCUT2D eigenvalue weighted by molar-refractivity contribution is -0.152. The van der Waals surface area contributed by atoms with Crippen LogP contribution in [0.5, 0.6) is 0 Å². The van der Waals surface area contributed by atoms with Gasteiger partial charge in [-0.2, -0.15) is 0 Å². The first kappa shape index (κ1) is 23.3. The molecular weight excluding hydrogens is 430 g/mol. The average molecular weight is 462 g/mol. The summed E-state index contributed by atoms with van der Waals surface area (Å²) >= 11 is 0. The monoisotopic (exact) mass is 461 g/mol. The van der Waals surface area contributed by atoms with Gasteiger partial charge in [0, 0.05) is 24.0 Å². The Bertz CT molecular complexity index is 1180. The number of methoxy groups -OCH3 is 2. The van der Waals surface area contributed by atoms with Crippen LogP contribution in [0.15, 0.2) is 20.7 Å². The maximum Gasteiger partial charge on any atom is 0.347 e. The fourth-order valence-electron chi connectivity index (χ4n) is 6.68. The zero-order chi connectivity index (χ0) is 24.4. The minimum atomic E-state index is -0.875. The molecule has 0 radical (unpaired) electrons. The van der Waals surface area contributed by atoms with Crippen molar-refractivity contribution in [3.05, 3.63) is 32.1 Å². The van der Waals surface area contributed by atoms with Crippen molar-refractivity contribution >= 4 is 17.7 Å². The Kier molecular flexibility index (Phi) is 5.53. The molecule has 0 amide bonds. The maximum atomic E-state index is 14.0. The molecule has 3 aliphatic rings. The Balaban J connectivity index is 2.08. The van der Waals surface area contributed by atoms with Crippen LogP contribution in [-0.4, -0.2) is 45.9 Å². The van der Waals surface area contributed by atoms with Crippen LogP contribution in [0.25, 0.3) is 0 Å². The van der Waals surface area contributed by atoms with Crippen LogP contribution in [0.3, 0.4) is 0 Å². The molecule has 0 bridgehead atoms. The van der Waals surface area contributed by atoms with Crippen molar-refractivity contribution < 1.29 is 23.9 Å². The van der Waals surface area contributed by atoms with E-state index in [0.29, 0.717) is 24.0 Å². The highest BCUT2D eigenvalue weighted by molar-refractivity contribution is 6.05. The topological polar surface area (TPSA) is 119 Å². The summed E-state index contributed by atoms with van der Waals surface area (Å²) in [4.78, 5) is 66.0. The summed E-state index contributed by atoms with van der Waals surface area (Å²) in [5.41, 5.74) is -0.719. The largest absolute Gasteiger partial charge is 0.469 e. The smallest absolute Gasteiger partial charge is 0.347 e. The van der Waals surface area contributed by atoms with Gasteiger partial charge in [0.1, 0.15) is 0 Å². The van der Waals surface area contributed by atoms with E-state index >= 15 is 0 Å². The van der Waals surface area contributed by atoms with Gasteiger partial charge in [-0.15, -0.1) is 0 Å². The number of hydrogen-bond donors (Lipinski definition) is 0. The molecule has 4 rings (SSSR count). The molecule has 10 nitrogen and oxygen atoms in total. The second-order valence-electron chi connectivity index (χ2n) is 9.37. The van der Waals surface area contributed by atoms with Gasteiger partial charge in [0.2, 0.25) is 0 Å². The first-order valence-corrected chi connectivity index (χ1v) is 11.5. The molecule has 180 valence electrons. The summed E-state index contributed by atoms with van der Waals surface area (Å²) in [7, 11) is 3.98. The number of Topliss-reactive ketones (excluding diaryl/α,β-unsaturated/α-hetero) is 1. The van der Waals surface area contributed by atoms with Crippen LogP contribution in [0.1, 0.15) is 58.5 Å². The molecule has 0 aromatic carbocycles. The van der Waals surface area contributed by atoms with Crippen molar-refractivity contribution in [2.45, 2.75) is 58.5 Å². The Morgan fingerprint density at radius 1 is 0.970 bits per heavy atom. The molecule has 1 aliphatic heterocycles. The number of allylic oxidation sites excluding steroid dienone is 2. The number of aromatic nitrogens is 3. The van der Waals surface area contributed by atoms with E-state index in [-0.39, 0.29) is 18.6 Å². The quantitative estimate of drug-likeness (QED) is 0.617. The molecule has 0 spiro atoms. The lowest BCUT2D eigenvalue weighted by Crippen LogP contribution is -2.41. The van der Waals surface area contributed by atoms with Gasteiger partial charge in [0.15, 0.2) is 5.78 Å². The first-order chi connectivity index (χ1) is 15.6. The summed E-state index contributed by atoms with van der Waals surface area (Å²) in [6, 6.07) is -1.37. The molecular formula is C23H31N3O7. The number of hydrogen-bond acceptors (Lipinski definition) is 7. The van der Waals surface area contributed by atoms with Crippen molar-refractivity contribution in [2.75, 3.05) is 14.2 Å². The molecule has 1 aromatic heterocycles. The normalized spacial score (nSPS) is 29.9. The van der Waals surface area contributed by atoms with Crippen LogP contribution in [0, 0.1) is 23.2 Å². The minimum Gasteiger partial charge on any atom is -0.469 e. The summed E-state index contributed by atoms with van der Waals surface area (Å²) in [6.45, 7) is 5.58. The van der Waals surface area contributed by atoms with Crippen molar-refractivity contribution in [3.63, 3.8) is 0 Å². The molecule has 1 saturated carbocycles. The van der Waals surface area contributed by atoms with Gasteiger partial charge < -0.3 is 9.47 Å². The molecule has 1 aromatic rings. The van der Waals surface area contributed by atoms with E-state index < -0.39 is 58.6 Å². The van der Waals surface area contributed by atoms with E-state index in [0.717, 1.165) is 4.57 Å². The fourth-order valence-corrected chi connectivity index (χ4v) is 6.68. The standard InChI is InChI=1S/C23H31N3O7/c1-7-23(8-2)17-13(20(29)33-6)9-12(19(28)32-5)10-14-16(17)15(18(23)27)11(3)25-21(30)24(4)22(31)26(14)25/h11-14,17H,7-10H2,1-6H3/t11-,12-,13+,14+,17+/m0/s1. The van der Waals surface area contributed by atoms with Gasteiger partial charge in [-0.25, -0.2) is 23.5 Å². The predicted molar refractivity (Wildman–Crippen MR) is 116 cm³/mol. The molecule has 10 heteroatoms. The maximum absolute atomic E-state index is 14.0. The highest BCUT2D eigenvalue weighted by atomic mass is 16.5. The number of fused-ring (bicyclic) bond motifs is 2. The number of ether oxygens (including phenoxy) is 2. The number of ketones is 1. The summed E-state index contributed by atoms with van der Waals surface area (Å²) in [6.07, 6.45) is 1.27. The Labute approximate surface area is 191 Å². The van der Waals surface area contributed by atoms with Gasteiger partial charge in [0.05, 0.1) is 38.1 Å².